The van der Waals surface area contributed by atoms with Crippen LogP contribution in [0.4, 0.5) is 5.82 Å². The molecule has 2 aromatic heterocycles. The molecule has 0 unspecified atom stereocenters. The topological polar surface area (TPSA) is 103 Å². The SMILES string of the molecule is Cc1cc(NC(=O)CSc2nnc(COc3ccc(Cl)cc3)o2)no1. The number of carbonyl (C=O) groups excluding carboxylic acids is 1. The summed E-state index contributed by atoms with van der Waals surface area (Å²) in [6.07, 6.45) is 0. The van der Waals surface area contributed by atoms with Crippen LogP contribution in [-0.2, 0) is 11.4 Å². The molecule has 0 saturated carbocycles. The summed E-state index contributed by atoms with van der Waals surface area (Å²) in [5, 5.41) is 14.9. The van der Waals surface area contributed by atoms with Gasteiger partial charge in [0, 0.05) is 11.1 Å². The Bertz CT molecular complexity index is 849. The van der Waals surface area contributed by atoms with Gasteiger partial charge in [0.2, 0.25) is 5.91 Å². The minimum Gasteiger partial charge on any atom is -0.484 e. The Morgan fingerprint density at radius 1 is 1.32 bits per heavy atom. The second-order valence-corrected chi connectivity index (χ2v) is 6.23. The van der Waals surface area contributed by atoms with E-state index in [-0.39, 0.29) is 23.5 Å². The van der Waals surface area contributed by atoms with Crippen LogP contribution in [0.2, 0.25) is 5.02 Å². The zero-order valence-electron chi connectivity index (χ0n) is 13.1. The summed E-state index contributed by atoms with van der Waals surface area (Å²) in [7, 11) is 0. The van der Waals surface area contributed by atoms with Crippen LogP contribution in [0.25, 0.3) is 0 Å². The van der Waals surface area contributed by atoms with E-state index in [1.54, 1.807) is 37.3 Å². The van der Waals surface area contributed by atoms with Gasteiger partial charge in [0.05, 0.1) is 5.75 Å². The molecule has 1 amide bonds. The van der Waals surface area contributed by atoms with E-state index in [2.05, 4.69) is 20.7 Å². The number of benzene rings is 1. The highest BCUT2D eigenvalue weighted by atomic mass is 35.5. The molecule has 3 aromatic rings. The van der Waals surface area contributed by atoms with E-state index in [1.165, 1.54) is 0 Å². The Morgan fingerprint density at radius 2 is 2.12 bits per heavy atom. The first-order valence-corrected chi connectivity index (χ1v) is 8.51. The number of carbonyl (C=O) groups is 1. The van der Waals surface area contributed by atoms with Crippen molar-refractivity contribution in [2.75, 3.05) is 11.1 Å². The predicted molar refractivity (Wildman–Crippen MR) is 90.7 cm³/mol. The highest BCUT2D eigenvalue weighted by Gasteiger charge is 2.11. The van der Waals surface area contributed by atoms with Crippen molar-refractivity contribution in [3.8, 4) is 5.75 Å². The van der Waals surface area contributed by atoms with Crippen LogP contribution in [0.3, 0.4) is 0 Å². The van der Waals surface area contributed by atoms with Crippen LogP contribution in [0, 0.1) is 6.92 Å². The second-order valence-electron chi connectivity index (χ2n) is 4.86. The molecular formula is C15H13ClN4O4S. The number of nitrogens with zero attached hydrogens (tertiary/aromatic N) is 3. The summed E-state index contributed by atoms with van der Waals surface area (Å²) in [4.78, 5) is 11.8. The summed E-state index contributed by atoms with van der Waals surface area (Å²) in [5.41, 5.74) is 0. The maximum absolute atomic E-state index is 11.8. The van der Waals surface area contributed by atoms with Crippen molar-refractivity contribution in [2.24, 2.45) is 0 Å². The van der Waals surface area contributed by atoms with Crippen molar-refractivity contribution in [2.45, 2.75) is 18.8 Å². The van der Waals surface area contributed by atoms with Gasteiger partial charge in [-0.1, -0.05) is 28.5 Å². The minimum atomic E-state index is -0.254. The molecule has 2 heterocycles. The number of hydrogen-bond donors (Lipinski definition) is 1. The molecule has 25 heavy (non-hydrogen) atoms. The van der Waals surface area contributed by atoms with E-state index in [9.17, 15) is 4.79 Å². The largest absolute Gasteiger partial charge is 0.484 e. The van der Waals surface area contributed by atoms with Gasteiger partial charge in [-0.2, -0.15) is 0 Å². The van der Waals surface area contributed by atoms with Gasteiger partial charge in [0.25, 0.3) is 11.1 Å². The van der Waals surface area contributed by atoms with Gasteiger partial charge >= 0.3 is 0 Å². The van der Waals surface area contributed by atoms with E-state index < -0.39 is 0 Å². The Labute approximate surface area is 151 Å². The molecule has 1 aromatic carbocycles. The summed E-state index contributed by atoms with van der Waals surface area (Å²) < 4.78 is 15.8. The number of ether oxygens (including phenoxy) is 1. The van der Waals surface area contributed by atoms with E-state index in [1.807, 2.05) is 0 Å². The lowest BCUT2D eigenvalue weighted by atomic mass is 10.3. The summed E-state index contributed by atoms with van der Waals surface area (Å²) in [6, 6.07) is 8.55. The van der Waals surface area contributed by atoms with Crippen LogP contribution in [-0.4, -0.2) is 27.0 Å². The molecule has 0 bridgehead atoms. The summed E-state index contributed by atoms with van der Waals surface area (Å²) >= 11 is 6.92. The maximum Gasteiger partial charge on any atom is 0.277 e. The molecular weight excluding hydrogens is 368 g/mol. The number of hydrogen-bond acceptors (Lipinski definition) is 8. The Morgan fingerprint density at radius 3 is 2.84 bits per heavy atom. The van der Waals surface area contributed by atoms with Gasteiger partial charge in [-0.15, -0.1) is 10.2 Å². The van der Waals surface area contributed by atoms with Crippen LogP contribution in [0.15, 0.2) is 44.5 Å². The summed E-state index contributed by atoms with van der Waals surface area (Å²) in [6.45, 7) is 1.86. The average molecular weight is 381 g/mol. The van der Waals surface area contributed by atoms with E-state index in [0.29, 0.717) is 28.2 Å². The number of anilines is 1. The first kappa shape index (κ1) is 17.3. The van der Waals surface area contributed by atoms with Gasteiger partial charge in [0.1, 0.15) is 11.5 Å². The van der Waals surface area contributed by atoms with Crippen molar-refractivity contribution >= 4 is 35.1 Å². The number of aryl methyl sites for hydroxylation is 1. The first-order chi connectivity index (χ1) is 12.1. The predicted octanol–water partition coefficient (Wildman–Crippen LogP) is 3.33. The van der Waals surface area contributed by atoms with Crippen molar-refractivity contribution in [3.05, 3.63) is 47.0 Å². The van der Waals surface area contributed by atoms with Gasteiger partial charge in [-0.25, -0.2) is 0 Å². The van der Waals surface area contributed by atoms with Crippen LogP contribution in [0.1, 0.15) is 11.7 Å². The fourth-order valence-corrected chi connectivity index (χ4v) is 2.47. The van der Waals surface area contributed by atoms with Crippen molar-refractivity contribution in [1.29, 1.82) is 0 Å². The smallest absolute Gasteiger partial charge is 0.277 e. The Balaban J connectivity index is 1.44. The molecule has 0 fully saturated rings. The molecule has 0 saturated heterocycles. The van der Waals surface area contributed by atoms with Crippen molar-refractivity contribution < 1.29 is 18.5 Å². The maximum atomic E-state index is 11.8. The second kappa shape index (κ2) is 8.04. The fourth-order valence-electron chi connectivity index (χ4n) is 1.76. The zero-order valence-corrected chi connectivity index (χ0v) is 14.6. The molecule has 130 valence electrons. The van der Waals surface area contributed by atoms with Crippen molar-refractivity contribution in [3.63, 3.8) is 0 Å². The molecule has 0 aliphatic carbocycles. The Kier molecular flexibility index (Phi) is 5.56. The average Bonchev–Trinajstić information content (AvgIpc) is 3.21. The third kappa shape index (κ3) is 5.23. The molecule has 0 aliphatic rings. The highest BCUT2D eigenvalue weighted by Crippen LogP contribution is 2.19. The number of aromatic nitrogens is 3. The van der Waals surface area contributed by atoms with Gasteiger partial charge in [0.15, 0.2) is 12.4 Å². The van der Waals surface area contributed by atoms with Gasteiger partial charge in [-0.3, -0.25) is 4.79 Å². The molecule has 0 atom stereocenters. The monoisotopic (exact) mass is 380 g/mol. The van der Waals surface area contributed by atoms with E-state index in [0.717, 1.165) is 11.8 Å². The molecule has 1 N–H and O–H groups in total. The highest BCUT2D eigenvalue weighted by molar-refractivity contribution is 7.99. The Hall–Kier alpha value is -2.52. The third-order valence-electron chi connectivity index (χ3n) is 2.85. The zero-order chi connectivity index (χ0) is 17.6. The van der Waals surface area contributed by atoms with Crippen LogP contribution >= 0.6 is 23.4 Å². The minimum absolute atomic E-state index is 0.103. The standard InChI is InChI=1S/C15H13ClN4O4S/c1-9-6-12(20-24-9)17-13(21)8-25-15-19-18-14(23-15)7-22-11-4-2-10(16)3-5-11/h2-6H,7-8H2,1H3,(H,17,20,21). The molecule has 8 nitrogen and oxygen atoms in total. The van der Waals surface area contributed by atoms with Crippen LogP contribution in [0.5, 0.6) is 5.75 Å². The number of rotatable bonds is 7. The number of halogens is 1. The normalized spacial score (nSPS) is 10.6. The van der Waals surface area contributed by atoms with E-state index in [4.69, 9.17) is 25.3 Å². The lowest BCUT2D eigenvalue weighted by Crippen LogP contribution is -2.14. The molecule has 0 spiro atoms. The lowest BCUT2D eigenvalue weighted by Gasteiger charge is -2.02. The number of amides is 1. The quantitative estimate of drug-likeness (QED) is 0.622. The molecule has 0 aliphatic heterocycles. The van der Waals surface area contributed by atoms with Crippen molar-refractivity contribution in [1.82, 2.24) is 15.4 Å². The van der Waals surface area contributed by atoms with Crippen LogP contribution < -0.4 is 10.1 Å². The summed E-state index contributed by atoms with van der Waals surface area (Å²) in [5.74, 6) is 1.78. The third-order valence-corrected chi connectivity index (χ3v) is 3.92. The first-order valence-electron chi connectivity index (χ1n) is 7.15. The molecule has 10 heteroatoms. The van der Waals surface area contributed by atoms with Gasteiger partial charge < -0.3 is 19.0 Å². The molecule has 0 radical (unpaired) electrons. The van der Waals surface area contributed by atoms with E-state index >= 15 is 0 Å². The van der Waals surface area contributed by atoms with Gasteiger partial charge in [-0.05, 0) is 31.2 Å². The fraction of sp³-hybridized carbons (Fsp3) is 0.200. The molecule has 3 rings (SSSR count). The number of nitrogens with one attached hydrogen (secondary N) is 1. The lowest BCUT2D eigenvalue weighted by molar-refractivity contribution is -0.113. The number of thioether (sulfide) groups is 1.